The third-order valence-electron chi connectivity index (χ3n) is 3.29. The van der Waals surface area contributed by atoms with E-state index >= 15 is 0 Å². The van der Waals surface area contributed by atoms with Gasteiger partial charge in [-0.25, -0.2) is 4.79 Å². The van der Waals surface area contributed by atoms with Gasteiger partial charge >= 0.3 is 5.97 Å². The lowest BCUT2D eigenvalue weighted by Crippen LogP contribution is -2.10. The molecular formula is C16H14N2O4S. The molecule has 1 heterocycles. The van der Waals surface area contributed by atoms with Crippen molar-refractivity contribution in [2.45, 2.75) is 4.90 Å². The van der Waals surface area contributed by atoms with Crippen molar-refractivity contribution in [2.24, 2.45) is 0 Å². The number of nitrogens with one attached hydrogen (secondary N) is 1. The van der Waals surface area contributed by atoms with Crippen LogP contribution in [0.1, 0.15) is 10.4 Å². The zero-order valence-electron chi connectivity index (χ0n) is 11.9. The maximum Gasteiger partial charge on any atom is 0.335 e. The third-order valence-corrected chi connectivity index (χ3v) is 4.76. The summed E-state index contributed by atoms with van der Waals surface area (Å²) >= 11 is 0. The van der Waals surface area contributed by atoms with E-state index in [1.807, 2.05) is 12.1 Å². The minimum atomic E-state index is -3.33. The van der Waals surface area contributed by atoms with Gasteiger partial charge in [-0.1, -0.05) is 29.0 Å². The van der Waals surface area contributed by atoms with Gasteiger partial charge in [0.05, 0.1) is 16.8 Å². The number of para-hydroxylation sites is 1. The van der Waals surface area contributed by atoms with Crippen molar-refractivity contribution in [1.82, 2.24) is 4.98 Å². The van der Waals surface area contributed by atoms with Crippen LogP contribution in [0.2, 0.25) is 0 Å². The summed E-state index contributed by atoms with van der Waals surface area (Å²) < 4.78 is 23.6. The molecule has 0 aliphatic carbocycles. The molecule has 3 rings (SSSR count). The standard InChI is InChI=1S/C16H14N2O4S/c19-16(20)12-6-8-13(9-7-12)18-23(21,22)14-5-1-3-11-4-2-10-17-15(11)14/h1-10,18,21-22H,(H,19,20). The van der Waals surface area contributed by atoms with Crippen molar-refractivity contribution in [3.05, 3.63) is 66.4 Å². The molecule has 0 radical (unpaired) electrons. The first-order valence-electron chi connectivity index (χ1n) is 6.70. The second-order valence-corrected chi connectivity index (χ2v) is 6.61. The molecule has 0 bridgehead atoms. The number of nitrogens with zero attached hydrogens (tertiary/aromatic N) is 1. The largest absolute Gasteiger partial charge is 0.478 e. The van der Waals surface area contributed by atoms with Crippen LogP contribution in [0.4, 0.5) is 5.69 Å². The fourth-order valence-electron chi connectivity index (χ4n) is 2.21. The van der Waals surface area contributed by atoms with Gasteiger partial charge in [-0.3, -0.25) is 18.8 Å². The van der Waals surface area contributed by atoms with Crippen LogP contribution >= 0.6 is 10.8 Å². The fourth-order valence-corrected chi connectivity index (χ4v) is 3.49. The summed E-state index contributed by atoms with van der Waals surface area (Å²) in [6.07, 6.45) is 1.59. The van der Waals surface area contributed by atoms with Crippen molar-refractivity contribution in [2.75, 3.05) is 4.72 Å². The lowest BCUT2D eigenvalue weighted by molar-refractivity contribution is 0.0697. The summed E-state index contributed by atoms with van der Waals surface area (Å²) in [6.45, 7) is 0. The number of aromatic nitrogens is 1. The molecule has 1 aromatic heterocycles. The first kappa shape index (κ1) is 15.3. The Morgan fingerprint density at radius 3 is 2.39 bits per heavy atom. The molecule has 0 saturated carbocycles. The zero-order chi connectivity index (χ0) is 16.4. The van der Waals surface area contributed by atoms with E-state index in [2.05, 4.69) is 9.71 Å². The smallest absolute Gasteiger partial charge is 0.335 e. The summed E-state index contributed by atoms with van der Waals surface area (Å²) in [7, 11) is -3.33. The van der Waals surface area contributed by atoms with Crippen LogP contribution in [0.25, 0.3) is 10.9 Å². The van der Waals surface area contributed by atoms with E-state index in [0.717, 1.165) is 5.39 Å². The molecule has 0 unspecified atom stereocenters. The highest BCUT2D eigenvalue weighted by molar-refractivity contribution is 8.25. The highest BCUT2D eigenvalue weighted by Gasteiger charge is 2.19. The summed E-state index contributed by atoms with van der Waals surface area (Å²) in [5, 5.41) is 9.68. The minimum Gasteiger partial charge on any atom is -0.478 e. The number of aromatic carboxylic acids is 1. The number of carbonyl (C=O) groups is 1. The summed E-state index contributed by atoms with van der Waals surface area (Å²) in [4.78, 5) is 15.3. The Kier molecular flexibility index (Phi) is 3.91. The molecule has 3 aromatic rings. The SMILES string of the molecule is O=C(O)c1ccc(NS(O)(O)c2cccc3cccnc23)cc1. The number of carboxylic acids is 1. The molecule has 118 valence electrons. The fraction of sp³-hybridized carbons (Fsp3) is 0. The van der Waals surface area contributed by atoms with E-state index in [1.54, 1.807) is 24.4 Å². The number of anilines is 1. The normalized spacial score (nSPS) is 12.1. The van der Waals surface area contributed by atoms with Crippen LogP contribution in [-0.2, 0) is 0 Å². The van der Waals surface area contributed by atoms with Gasteiger partial charge < -0.3 is 5.11 Å². The second kappa shape index (κ2) is 5.88. The molecular weight excluding hydrogens is 316 g/mol. The number of carboxylic acid groups (broad SMARTS) is 1. The predicted octanol–water partition coefficient (Wildman–Crippen LogP) is 4.07. The molecule has 0 saturated heterocycles. The van der Waals surface area contributed by atoms with Crippen molar-refractivity contribution in [1.29, 1.82) is 0 Å². The Morgan fingerprint density at radius 2 is 1.70 bits per heavy atom. The van der Waals surface area contributed by atoms with Gasteiger partial charge in [0.25, 0.3) is 0 Å². The number of benzene rings is 2. The zero-order valence-corrected chi connectivity index (χ0v) is 12.7. The number of hydrogen-bond donors (Lipinski definition) is 4. The Balaban J connectivity index is 1.95. The van der Waals surface area contributed by atoms with E-state index in [-0.39, 0.29) is 10.5 Å². The van der Waals surface area contributed by atoms with E-state index in [4.69, 9.17) is 5.11 Å². The summed E-state index contributed by atoms with van der Waals surface area (Å²) in [5.41, 5.74) is 1.03. The van der Waals surface area contributed by atoms with Crippen molar-refractivity contribution in [3.63, 3.8) is 0 Å². The van der Waals surface area contributed by atoms with Gasteiger partial charge in [-0.2, -0.15) is 0 Å². The van der Waals surface area contributed by atoms with E-state index < -0.39 is 16.7 Å². The molecule has 0 aliphatic heterocycles. The van der Waals surface area contributed by atoms with Crippen molar-refractivity contribution >= 4 is 33.3 Å². The van der Waals surface area contributed by atoms with Crippen LogP contribution in [0.3, 0.4) is 0 Å². The molecule has 0 aliphatic rings. The van der Waals surface area contributed by atoms with Crippen molar-refractivity contribution < 1.29 is 19.0 Å². The lowest BCUT2D eigenvalue weighted by Gasteiger charge is -2.34. The maximum atomic E-state index is 10.8. The highest BCUT2D eigenvalue weighted by atomic mass is 32.3. The average Bonchev–Trinajstić information content (AvgIpc) is 2.54. The number of fused-ring (bicyclic) bond motifs is 1. The van der Waals surface area contributed by atoms with Gasteiger partial charge in [0, 0.05) is 11.6 Å². The third kappa shape index (κ3) is 3.11. The molecule has 4 N–H and O–H groups in total. The minimum absolute atomic E-state index is 0.124. The van der Waals surface area contributed by atoms with Gasteiger partial charge in [0.2, 0.25) is 0 Å². The second-order valence-electron chi connectivity index (χ2n) is 4.86. The van der Waals surface area contributed by atoms with Gasteiger partial charge in [-0.05, 0) is 36.4 Å². The van der Waals surface area contributed by atoms with Gasteiger partial charge in [0.1, 0.15) is 4.90 Å². The van der Waals surface area contributed by atoms with Crippen LogP contribution in [0.15, 0.2) is 65.7 Å². The Bertz CT molecular complexity index is 860. The molecule has 6 nitrogen and oxygen atoms in total. The Hall–Kier alpha value is -2.61. The summed E-state index contributed by atoms with van der Waals surface area (Å²) in [6, 6.07) is 14.5. The van der Waals surface area contributed by atoms with Crippen molar-refractivity contribution in [3.8, 4) is 0 Å². The maximum absolute atomic E-state index is 10.8. The van der Waals surface area contributed by atoms with Crippen LogP contribution in [0.5, 0.6) is 0 Å². The number of pyridine rings is 1. The lowest BCUT2D eigenvalue weighted by atomic mass is 10.2. The molecule has 0 spiro atoms. The van der Waals surface area contributed by atoms with Gasteiger partial charge in [0.15, 0.2) is 0 Å². The Morgan fingerprint density at radius 1 is 1.00 bits per heavy atom. The quantitative estimate of drug-likeness (QED) is 0.575. The number of hydrogen-bond acceptors (Lipinski definition) is 5. The first-order chi connectivity index (χ1) is 11.0. The molecule has 0 atom stereocenters. The molecule has 2 aromatic carbocycles. The van der Waals surface area contributed by atoms with E-state index in [9.17, 15) is 13.9 Å². The topological polar surface area (TPSA) is 103 Å². The van der Waals surface area contributed by atoms with Crippen LogP contribution < -0.4 is 4.72 Å². The van der Waals surface area contributed by atoms with E-state index in [0.29, 0.717) is 11.2 Å². The summed E-state index contributed by atoms with van der Waals surface area (Å²) in [5.74, 6) is -1.04. The molecule has 7 heteroatoms. The Labute approximate surface area is 133 Å². The predicted molar refractivity (Wildman–Crippen MR) is 89.9 cm³/mol. The monoisotopic (exact) mass is 330 g/mol. The van der Waals surface area contributed by atoms with Gasteiger partial charge in [-0.15, -0.1) is 0 Å². The van der Waals surface area contributed by atoms with Crippen LogP contribution in [-0.4, -0.2) is 25.2 Å². The first-order valence-corrected chi connectivity index (χ1v) is 8.25. The molecule has 23 heavy (non-hydrogen) atoms. The molecule has 0 amide bonds. The van der Waals surface area contributed by atoms with Crippen LogP contribution in [0, 0.1) is 0 Å². The highest BCUT2D eigenvalue weighted by Crippen LogP contribution is 2.50. The average molecular weight is 330 g/mol. The number of rotatable bonds is 4. The van der Waals surface area contributed by atoms with E-state index in [1.165, 1.54) is 24.3 Å². The molecule has 0 fully saturated rings.